The van der Waals surface area contributed by atoms with Crippen LogP contribution in [0.15, 0.2) is 85.1 Å². The highest BCUT2D eigenvalue weighted by atomic mass is 19.1. The van der Waals surface area contributed by atoms with Crippen molar-refractivity contribution in [1.82, 2.24) is 9.97 Å². The Hall–Kier alpha value is -3.60. The molecule has 2 heterocycles. The van der Waals surface area contributed by atoms with Gasteiger partial charge in [0.25, 0.3) is 0 Å². The van der Waals surface area contributed by atoms with E-state index in [9.17, 15) is 8.78 Å². The molecule has 0 bridgehead atoms. The normalized spacial score (nSPS) is 11.3. The summed E-state index contributed by atoms with van der Waals surface area (Å²) in [5.74, 6) is -0.362. The predicted octanol–water partition coefficient (Wildman–Crippen LogP) is 6.54. The van der Waals surface area contributed by atoms with Gasteiger partial charge in [-0.15, -0.1) is 0 Å². The van der Waals surface area contributed by atoms with E-state index >= 15 is 0 Å². The van der Waals surface area contributed by atoms with Gasteiger partial charge in [-0.3, -0.25) is 4.98 Å². The van der Waals surface area contributed by atoms with E-state index in [1.165, 1.54) is 12.1 Å². The quantitative estimate of drug-likeness (QED) is 0.380. The highest BCUT2D eigenvalue weighted by molar-refractivity contribution is 5.60. The molecule has 0 aliphatic carbocycles. The molecule has 2 aromatic heterocycles. The Labute approximate surface area is 174 Å². The van der Waals surface area contributed by atoms with Crippen molar-refractivity contribution in [2.24, 2.45) is 0 Å². The van der Waals surface area contributed by atoms with Gasteiger partial charge in [0, 0.05) is 29.3 Å². The molecule has 150 valence electrons. The topological polar surface area (TPSA) is 35.0 Å². The minimum absolute atomic E-state index is 0.215. The summed E-state index contributed by atoms with van der Waals surface area (Å²) < 4.78 is 33.3. The van der Waals surface area contributed by atoms with Gasteiger partial charge in [-0.2, -0.15) is 0 Å². The number of hydrogen-bond acceptors (Lipinski definition) is 3. The molecule has 0 saturated heterocycles. The van der Waals surface area contributed by atoms with Crippen molar-refractivity contribution in [3.63, 3.8) is 0 Å². The number of aromatic nitrogens is 2. The van der Waals surface area contributed by atoms with Crippen molar-refractivity contribution in [1.29, 1.82) is 0 Å². The number of hydrogen-bond donors (Lipinski definition) is 0. The molecule has 0 amide bonds. The van der Waals surface area contributed by atoms with E-state index in [-0.39, 0.29) is 11.0 Å². The van der Waals surface area contributed by atoms with E-state index < -0.39 is 11.6 Å². The Bertz CT molecular complexity index is 1180. The molecule has 0 fully saturated rings. The summed E-state index contributed by atoms with van der Waals surface area (Å²) in [6.45, 7) is 4.20. The Kier molecular flexibility index (Phi) is 5.27. The van der Waals surface area contributed by atoms with Crippen LogP contribution in [0.25, 0.3) is 11.3 Å². The number of pyridine rings is 2. The van der Waals surface area contributed by atoms with E-state index in [0.29, 0.717) is 17.3 Å². The molecule has 0 atom stereocenters. The van der Waals surface area contributed by atoms with E-state index in [4.69, 9.17) is 4.74 Å². The zero-order valence-electron chi connectivity index (χ0n) is 16.6. The van der Waals surface area contributed by atoms with Crippen LogP contribution in [0, 0.1) is 11.6 Å². The summed E-state index contributed by atoms with van der Waals surface area (Å²) in [6, 6.07) is 22.1. The lowest BCUT2D eigenvalue weighted by Crippen LogP contribution is -2.20. The summed E-state index contributed by atoms with van der Waals surface area (Å²) in [4.78, 5) is 8.87. The molecule has 0 saturated carbocycles. The smallest absolute Gasteiger partial charge is 0.219 e. The fourth-order valence-corrected chi connectivity index (χ4v) is 3.27. The van der Waals surface area contributed by atoms with Crippen LogP contribution in [-0.4, -0.2) is 9.97 Å². The Morgan fingerprint density at radius 3 is 2.43 bits per heavy atom. The Balaban J connectivity index is 1.62. The number of nitrogens with zero attached hydrogens (tertiary/aromatic N) is 2. The van der Waals surface area contributed by atoms with E-state index in [1.54, 1.807) is 24.4 Å². The third-order valence-electron chi connectivity index (χ3n) is 5.01. The lowest BCUT2D eigenvalue weighted by molar-refractivity contribution is 0.461. The van der Waals surface area contributed by atoms with E-state index in [0.717, 1.165) is 17.3 Å². The zero-order valence-corrected chi connectivity index (χ0v) is 16.6. The maximum absolute atomic E-state index is 14.1. The van der Waals surface area contributed by atoms with Gasteiger partial charge in [0.2, 0.25) is 5.88 Å². The SMILES string of the molecule is CC(C)(c1cccc(Oc2cccc(-c3ccc(F)cc3F)n2)c1)c1ccccn1. The fraction of sp³-hybridized carbons (Fsp3) is 0.120. The van der Waals surface area contributed by atoms with Crippen LogP contribution in [0.2, 0.25) is 0 Å². The van der Waals surface area contributed by atoms with Crippen molar-refractivity contribution < 1.29 is 13.5 Å². The van der Waals surface area contributed by atoms with Crippen LogP contribution in [0.3, 0.4) is 0 Å². The molecule has 0 unspecified atom stereocenters. The van der Waals surface area contributed by atoms with Gasteiger partial charge in [0.1, 0.15) is 17.4 Å². The second-order valence-electron chi connectivity index (χ2n) is 7.46. The molecular weight excluding hydrogens is 382 g/mol. The lowest BCUT2D eigenvalue weighted by Gasteiger charge is -2.25. The molecule has 0 N–H and O–H groups in total. The molecule has 3 nitrogen and oxygen atoms in total. The average Bonchev–Trinajstić information content (AvgIpc) is 2.75. The first-order chi connectivity index (χ1) is 14.4. The molecule has 2 aromatic carbocycles. The van der Waals surface area contributed by atoms with E-state index in [1.807, 2.05) is 42.5 Å². The summed E-state index contributed by atoms with van der Waals surface area (Å²) in [7, 11) is 0. The van der Waals surface area contributed by atoms with Gasteiger partial charge in [-0.05, 0) is 48.0 Å². The summed E-state index contributed by atoms with van der Waals surface area (Å²) >= 11 is 0. The predicted molar refractivity (Wildman–Crippen MR) is 112 cm³/mol. The average molecular weight is 402 g/mol. The molecule has 0 radical (unpaired) electrons. The summed E-state index contributed by atoms with van der Waals surface area (Å²) in [6.07, 6.45) is 1.78. The fourth-order valence-electron chi connectivity index (χ4n) is 3.27. The van der Waals surface area contributed by atoms with Crippen LogP contribution in [-0.2, 0) is 5.41 Å². The maximum atomic E-state index is 14.1. The molecule has 4 aromatic rings. The van der Waals surface area contributed by atoms with Gasteiger partial charge in [0.15, 0.2) is 0 Å². The highest BCUT2D eigenvalue weighted by Gasteiger charge is 2.24. The highest BCUT2D eigenvalue weighted by Crippen LogP contribution is 2.33. The number of ether oxygens (including phenoxy) is 1. The largest absolute Gasteiger partial charge is 0.439 e. The van der Waals surface area contributed by atoms with Gasteiger partial charge >= 0.3 is 0 Å². The maximum Gasteiger partial charge on any atom is 0.219 e. The lowest BCUT2D eigenvalue weighted by atomic mass is 9.81. The Morgan fingerprint density at radius 2 is 1.67 bits per heavy atom. The summed E-state index contributed by atoms with van der Waals surface area (Å²) in [5.41, 5.74) is 2.27. The standard InChI is InChI=1S/C25H20F2N2O/c1-25(2,23-10-3-4-14-28-23)17-7-5-8-19(15-17)30-24-11-6-9-22(29-24)20-13-12-18(26)16-21(20)27/h3-16H,1-2H3. The van der Waals surface area contributed by atoms with Crippen molar-refractivity contribution in [3.05, 3.63) is 108 Å². The minimum atomic E-state index is -0.668. The molecule has 0 aliphatic heterocycles. The van der Waals surface area contributed by atoms with E-state index in [2.05, 4.69) is 23.8 Å². The van der Waals surface area contributed by atoms with Crippen molar-refractivity contribution in [2.45, 2.75) is 19.3 Å². The third kappa shape index (κ3) is 4.06. The van der Waals surface area contributed by atoms with Crippen LogP contribution in [0.4, 0.5) is 8.78 Å². The summed E-state index contributed by atoms with van der Waals surface area (Å²) in [5, 5.41) is 0. The van der Waals surface area contributed by atoms with Crippen LogP contribution in [0.1, 0.15) is 25.1 Å². The monoisotopic (exact) mass is 402 g/mol. The van der Waals surface area contributed by atoms with Crippen molar-refractivity contribution >= 4 is 0 Å². The number of halogens is 2. The second kappa shape index (κ2) is 8.03. The molecular formula is C25H20F2N2O. The number of rotatable bonds is 5. The zero-order chi connectivity index (χ0) is 21.1. The minimum Gasteiger partial charge on any atom is -0.439 e. The number of benzene rings is 2. The van der Waals surface area contributed by atoms with Gasteiger partial charge in [-0.1, -0.05) is 38.1 Å². The first-order valence-electron chi connectivity index (χ1n) is 9.56. The molecule has 4 rings (SSSR count). The van der Waals surface area contributed by atoms with Gasteiger partial charge in [0.05, 0.1) is 11.4 Å². The van der Waals surface area contributed by atoms with Crippen LogP contribution < -0.4 is 4.74 Å². The van der Waals surface area contributed by atoms with Gasteiger partial charge in [-0.25, -0.2) is 13.8 Å². The van der Waals surface area contributed by atoms with Gasteiger partial charge < -0.3 is 4.74 Å². The molecule has 0 aliphatic rings. The molecule has 5 heteroatoms. The first kappa shape index (κ1) is 19.7. The van der Waals surface area contributed by atoms with Crippen LogP contribution >= 0.6 is 0 Å². The van der Waals surface area contributed by atoms with Crippen molar-refractivity contribution in [2.75, 3.05) is 0 Å². The molecule has 30 heavy (non-hydrogen) atoms. The molecule has 0 spiro atoms. The Morgan fingerprint density at radius 1 is 0.833 bits per heavy atom. The second-order valence-corrected chi connectivity index (χ2v) is 7.46. The first-order valence-corrected chi connectivity index (χ1v) is 9.56. The third-order valence-corrected chi connectivity index (χ3v) is 5.01. The van der Waals surface area contributed by atoms with Crippen LogP contribution in [0.5, 0.6) is 11.6 Å². The van der Waals surface area contributed by atoms with Crippen molar-refractivity contribution in [3.8, 4) is 22.9 Å².